The minimum atomic E-state index is -0.582. The number of carbonyl (C=O) groups is 2. The lowest BCUT2D eigenvalue weighted by molar-refractivity contribution is -0.138. The van der Waals surface area contributed by atoms with E-state index in [9.17, 15) is 19.1 Å². The minimum Gasteiger partial charge on any atom is -0.391 e. The van der Waals surface area contributed by atoms with Gasteiger partial charge in [-0.3, -0.25) is 9.59 Å². The molecule has 1 aromatic carbocycles. The Kier molecular flexibility index (Phi) is 6.00. The van der Waals surface area contributed by atoms with E-state index >= 15 is 0 Å². The van der Waals surface area contributed by atoms with E-state index in [4.69, 9.17) is 0 Å². The lowest BCUT2D eigenvalue weighted by atomic mass is 10.0. The van der Waals surface area contributed by atoms with Crippen LogP contribution in [-0.2, 0) is 14.5 Å². The topological polar surface area (TPSA) is 81.7 Å². The number of thioether (sulfide) groups is 1. The maximum atomic E-state index is 13.3. The van der Waals surface area contributed by atoms with Crippen molar-refractivity contribution < 1.29 is 19.1 Å². The molecular formula is C18H23ClFN3O3S. The largest absolute Gasteiger partial charge is 0.391 e. The van der Waals surface area contributed by atoms with Gasteiger partial charge in [0.2, 0.25) is 11.8 Å². The fourth-order valence-electron chi connectivity index (χ4n) is 4.12. The summed E-state index contributed by atoms with van der Waals surface area (Å²) < 4.78 is 13.3. The van der Waals surface area contributed by atoms with Crippen molar-refractivity contribution in [2.45, 2.75) is 29.9 Å². The standard InChI is InChI=1S/C18H22FN3O3S.ClH/c19-13-3-1-12(2-4-13)18-6-5-16(24)22(18)14(10-26-18)17(25)21-8-11-7-20-9-15(11)23;/h1-4,11,14-15,20,23H,5-10H2,(H,21,25);1H. The van der Waals surface area contributed by atoms with Crippen molar-refractivity contribution in [2.75, 3.05) is 25.4 Å². The Morgan fingerprint density at radius 1 is 1.37 bits per heavy atom. The lowest BCUT2D eigenvalue weighted by Gasteiger charge is -2.34. The van der Waals surface area contributed by atoms with Gasteiger partial charge in [0.05, 0.1) is 6.10 Å². The zero-order valence-corrected chi connectivity index (χ0v) is 16.3. The monoisotopic (exact) mass is 415 g/mol. The number of hydrogen-bond donors (Lipinski definition) is 3. The van der Waals surface area contributed by atoms with Crippen LogP contribution in [0.2, 0.25) is 0 Å². The second-order valence-corrected chi connectivity index (χ2v) is 8.41. The molecule has 4 rings (SSSR count). The molecule has 1 aromatic rings. The van der Waals surface area contributed by atoms with Crippen molar-refractivity contribution in [3.8, 4) is 0 Å². The summed E-state index contributed by atoms with van der Waals surface area (Å²) in [6.45, 7) is 1.60. The normalized spacial score (nSPS) is 32.3. The highest BCUT2D eigenvalue weighted by molar-refractivity contribution is 8.00. The van der Waals surface area contributed by atoms with Crippen LogP contribution in [0.5, 0.6) is 0 Å². The number of benzene rings is 1. The smallest absolute Gasteiger partial charge is 0.243 e. The van der Waals surface area contributed by atoms with Gasteiger partial charge in [0.25, 0.3) is 0 Å². The SMILES string of the molecule is Cl.O=C(NCC1CNCC1O)C1CSC2(c3ccc(F)cc3)CCC(=O)N12. The van der Waals surface area contributed by atoms with E-state index in [1.54, 1.807) is 28.8 Å². The van der Waals surface area contributed by atoms with Crippen LogP contribution in [0.3, 0.4) is 0 Å². The summed E-state index contributed by atoms with van der Waals surface area (Å²) >= 11 is 1.58. The third-order valence-electron chi connectivity index (χ3n) is 5.57. The Morgan fingerprint density at radius 3 is 2.78 bits per heavy atom. The highest BCUT2D eigenvalue weighted by Crippen LogP contribution is 2.54. The molecule has 4 atom stereocenters. The molecule has 27 heavy (non-hydrogen) atoms. The molecule has 3 aliphatic heterocycles. The molecule has 2 amide bonds. The number of halogens is 2. The molecule has 3 fully saturated rings. The van der Waals surface area contributed by atoms with Crippen LogP contribution in [0, 0.1) is 11.7 Å². The molecule has 3 heterocycles. The molecule has 4 unspecified atom stereocenters. The predicted molar refractivity (Wildman–Crippen MR) is 103 cm³/mol. The molecule has 148 valence electrons. The first kappa shape index (κ1) is 20.4. The summed E-state index contributed by atoms with van der Waals surface area (Å²) in [4.78, 5) is 26.4. The maximum Gasteiger partial charge on any atom is 0.243 e. The van der Waals surface area contributed by atoms with Crippen molar-refractivity contribution in [2.24, 2.45) is 5.92 Å². The zero-order chi connectivity index (χ0) is 18.3. The molecular weight excluding hydrogens is 393 g/mol. The number of aliphatic hydroxyl groups is 1. The van der Waals surface area contributed by atoms with Crippen LogP contribution in [0.15, 0.2) is 24.3 Å². The average Bonchev–Trinajstić information content (AvgIpc) is 3.30. The molecule has 0 aliphatic carbocycles. The Labute approximate surface area is 167 Å². The molecule has 0 radical (unpaired) electrons. The number of fused-ring (bicyclic) bond motifs is 1. The number of rotatable bonds is 4. The number of hydrogen-bond acceptors (Lipinski definition) is 5. The Bertz CT molecular complexity index is 722. The summed E-state index contributed by atoms with van der Waals surface area (Å²) in [5, 5.41) is 15.9. The average molecular weight is 416 g/mol. The molecule has 3 aliphatic rings. The molecule has 3 N–H and O–H groups in total. The molecule has 6 nitrogen and oxygen atoms in total. The Hall–Kier alpha value is -1.35. The Morgan fingerprint density at radius 2 is 2.11 bits per heavy atom. The second kappa shape index (κ2) is 7.95. The van der Waals surface area contributed by atoms with Gasteiger partial charge in [-0.15, -0.1) is 24.2 Å². The van der Waals surface area contributed by atoms with Gasteiger partial charge < -0.3 is 20.6 Å². The van der Waals surface area contributed by atoms with Gasteiger partial charge in [0.15, 0.2) is 0 Å². The van der Waals surface area contributed by atoms with Crippen molar-refractivity contribution in [1.29, 1.82) is 0 Å². The first-order chi connectivity index (χ1) is 12.5. The van der Waals surface area contributed by atoms with Gasteiger partial charge in [0, 0.05) is 37.7 Å². The third kappa shape index (κ3) is 3.55. The van der Waals surface area contributed by atoms with Crippen molar-refractivity contribution in [1.82, 2.24) is 15.5 Å². The van der Waals surface area contributed by atoms with E-state index in [0.717, 1.165) is 5.56 Å². The van der Waals surface area contributed by atoms with E-state index in [2.05, 4.69) is 10.6 Å². The highest BCUT2D eigenvalue weighted by Gasteiger charge is 2.56. The van der Waals surface area contributed by atoms with Crippen LogP contribution in [0.4, 0.5) is 4.39 Å². The van der Waals surface area contributed by atoms with Gasteiger partial charge >= 0.3 is 0 Å². The minimum absolute atomic E-state index is 0. The number of nitrogens with one attached hydrogen (secondary N) is 2. The number of amides is 2. The highest BCUT2D eigenvalue weighted by atomic mass is 35.5. The van der Waals surface area contributed by atoms with Crippen molar-refractivity contribution >= 4 is 36.0 Å². The number of aliphatic hydroxyl groups excluding tert-OH is 1. The van der Waals surface area contributed by atoms with Crippen LogP contribution in [0.1, 0.15) is 18.4 Å². The summed E-state index contributed by atoms with van der Waals surface area (Å²) in [6.07, 6.45) is 0.552. The van der Waals surface area contributed by atoms with E-state index < -0.39 is 17.0 Å². The predicted octanol–water partition coefficient (Wildman–Crippen LogP) is 0.835. The van der Waals surface area contributed by atoms with Crippen molar-refractivity contribution in [3.05, 3.63) is 35.6 Å². The summed E-state index contributed by atoms with van der Waals surface area (Å²) in [6, 6.07) is 5.66. The lowest BCUT2D eigenvalue weighted by Crippen LogP contribution is -2.51. The fraction of sp³-hybridized carbons (Fsp3) is 0.556. The van der Waals surface area contributed by atoms with Crippen LogP contribution in [0.25, 0.3) is 0 Å². The third-order valence-corrected chi connectivity index (χ3v) is 7.16. The van der Waals surface area contributed by atoms with E-state index in [1.807, 2.05) is 0 Å². The molecule has 9 heteroatoms. The summed E-state index contributed by atoms with van der Waals surface area (Å²) in [5.41, 5.74) is 0.862. The summed E-state index contributed by atoms with van der Waals surface area (Å²) in [5.74, 6) is -0.0375. The van der Waals surface area contributed by atoms with Crippen LogP contribution in [-0.4, -0.2) is 59.4 Å². The van der Waals surface area contributed by atoms with Crippen molar-refractivity contribution in [3.63, 3.8) is 0 Å². The van der Waals surface area contributed by atoms with Crippen LogP contribution >= 0.6 is 24.2 Å². The number of β-amino-alcohol motifs (C(OH)–C–C–N with tert-alkyl or cyclic N) is 1. The second-order valence-electron chi connectivity index (χ2n) is 7.11. The quantitative estimate of drug-likeness (QED) is 0.678. The van der Waals surface area contributed by atoms with E-state index in [0.29, 0.717) is 38.2 Å². The molecule has 0 bridgehead atoms. The van der Waals surface area contributed by atoms with Gasteiger partial charge in [-0.25, -0.2) is 4.39 Å². The first-order valence-electron chi connectivity index (χ1n) is 8.90. The number of carbonyl (C=O) groups excluding carboxylic acids is 2. The number of nitrogens with zero attached hydrogens (tertiary/aromatic N) is 1. The van der Waals surface area contributed by atoms with E-state index in [1.165, 1.54) is 12.1 Å². The van der Waals surface area contributed by atoms with Gasteiger partial charge in [0.1, 0.15) is 16.7 Å². The van der Waals surface area contributed by atoms with Gasteiger partial charge in [-0.05, 0) is 24.1 Å². The van der Waals surface area contributed by atoms with E-state index in [-0.39, 0.29) is 36.0 Å². The zero-order valence-electron chi connectivity index (χ0n) is 14.7. The first-order valence-corrected chi connectivity index (χ1v) is 9.88. The Balaban J connectivity index is 0.00000210. The van der Waals surface area contributed by atoms with Crippen LogP contribution < -0.4 is 10.6 Å². The molecule has 3 saturated heterocycles. The maximum absolute atomic E-state index is 13.3. The molecule has 0 saturated carbocycles. The van der Waals surface area contributed by atoms with Gasteiger partial charge in [-0.2, -0.15) is 0 Å². The fourth-order valence-corrected chi connectivity index (χ4v) is 5.78. The molecule has 0 spiro atoms. The molecule has 0 aromatic heterocycles. The van der Waals surface area contributed by atoms with Gasteiger partial charge in [-0.1, -0.05) is 12.1 Å². The summed E-state index contributed by atoms with van der Waals surface area (Å²) in [7, 11) is 0.